The van der Waals surface area contributed by atoms with Crippen molar-refractivity contribution in [3.8, 4) is 0 Å². The van der Waals surface area contributed by atoms with Crippen molar-refractivity contribution in [1.29, 1.82) is 0 Å². The molecule has 0 N–H and O–H groups in total. The van der Waals surface area contributed by atoms with Crippen molar-refractivity contribution in [3.63, 3.8) is 0 Å². The van der Waals surface area contributed by atoms with E-state index in [1.54, 1.807) is 0 Å². The Hall–Kier alpha value is -0.118. The van der Waals surface area contributed by atoms with Crippen LogP contribution in [0, 0.1) is 0 Å². The van der Waals surface area contributed by atoms with E-state index in [4.69, 9.17) is 9.17 Å². The van der Waals surface area contributed by atoms with Crippen LogP contribution < -0.4 is 0 Å². The monoisotopic (exact) mass is 71.0 g/mol. The van der Waals surface area contributed by atoms with Crippen LogP contribution in [0.3, 0.4) is 0 Å². The molecule has 0 amide bonds. The summed E-state index contributed by atoms with van der Waals surface area (Å²) in [7, 11) is -0.790. The molecule has 0 aromatic rings. The van der Waals surface area contributed by atoms with Gasteiger partial charge in [0.05, 0.1) is 0 Å². The van der Waals surface area contributed by atoms with Gasteiger partial charge in [0.15, 0.2) is 0 Å². The van der Waals surface area contributed by atoms with E-state index in [1.165, 1.54) is 0 Å². The molecule has 0 aliphatic carbocycles. The van der Waals surface area contributed by atoms with Crippen molar-refractivity contribution in [2.45, 2.75) is 0 Å². The van der Waals surface area contributed by atoms with Gasteiger partial charge in [0.2, 0.25) is 0 Å². The van der Waals surface area contributed by atoms with Crippen LogP contribution in [-0.4, -0.2) is 16.0 Å². The van der Waals surface area contributed by atoms with Gasteiger partial charge >= 0.3 is 25.2 Å². The second-order valence-electron chi connectivity index (χ2n) is 0.236. The van der Waals surface area contributed by atoms with Crippen LogP contribution in [0.15, 0.2) is 0 Å². The third-order valence-electron chi connectivity index (χ3n) is 0.0481. The molecule has 0 saturated carbocycles. The molecular weight excluding hydrogens is 70.9 g/mol. The Morgan fingerprint density at radius 1 is 1.75 bits per heavy atom. The summed E-state index contributed by atoms with van der Waals surface area (Å²) in [6.07, 6.45) is 0. The second kappa shape index (κ2) is 2.88. The third kappa shape index (κ3) is 1.88. The van der Waals surface area contributed by atoms with Gasteiger partial charge in [-0.2, -0.15) is 0 Å². The average molecular weight is 70.9 g/mol. The molecule has 0 aromatic carbocycles. The molecule has 4 heteroatoms. The molecule has 0 spiro atoms. The molecule has 2 nitrogen and oxygen atoms in total. The van der Waals surface area contributed by atoms with Crippen LogP contribution in [0.25, 0.3) is 0 Å². The molecular formula is BO2Si. The van der Waals surface area contributed by atoms with Gasteiger partial charge in [-0.3, -0.25) is 0 Å². The molecule has 0 aliphatic rings. The van der Waals surface area contributed by atoms with Crippen molar-refractivity contribution in [2.24, 2.45) is 0 Å². The Morgan fingerprint density at radius 2 is 2.00 bits per heavy atom. The van der Waals surface area contributed by atoms with Gasteiger partial charge in [0.1, 0.15) is 0 Å². The zero-order chi connectivity index (χ0) is 3.41. The van der Waals surface area contributed by atoms with Crippen molar-refractivity contribution < 1.29 is 9.17 Å². The standard InChI is InChI=1S/BO2Si/c2-1-4-3. The van der Waals surface area contributed by atoms with Crippen LogP contribution in [0.4, 0.5) is 0 Å². The van der Waals surface area contributed by atoms with Crippen LogP contribution in [0.1, 0.15) is 0 Å². The SMILES string of the molecule is O=B[Si]=O. The maximum atomic E-state index is 8.96. The van der Waals surface area contributed by atoms with Gasteiger partial charge in [-0.25, -0.2) is 0 Å². The van der Waals surface area contributed by atoms with Gasteiger partial charge in [-0.15, -0.1) is 0 Å². The first kappa shape index (κ1) is 3.88. The second-order valence-corrected chi connectivity index (χ2v) is 0.707. The Labute approximate surface area is 26.3 Å². The first-order chi connectivity index (χ1) is 1.91. The predicted octanol–water partition coefficient (Wildman–Crippen LogP) is -0.999. The molecule has 0 unspecified atom stereocenters. The first-order valence-corrected chi connectivity index (χ1v) is 1.71. The predicted molar refractivity (Wildman–Crippen MR) is 12.9 cm³/mol. The Bertz CT molecular complexity index is 27.0. The van der Waals surface area contributed by atoms with E-state index in [2.05, 4.69) is 0 Å². The molecule has 0 heterocycles. The summed E-state index contributed by atoms with van der Waals surface area (Å²) in [6, 6.07) is 0. The molecule has 0 saturated heterocycles. The summed E-state index contributed by atoms with van der Waals surface area (Å²) in [5.41, 5.74) is 0. The van der Waals surface area contributed by atoms with E-state index in [9.17, 15) is 0 Å². The molecule has 0 aliphatic heterocycles. The van der Waals surface area contributed by atoms with Crippen LogP contribution in [0.2, 0.25) is 0 Å². The average Bonchev–Trinajstić information content (AvgIpc) is 1.37. The van der Waals surface area contributed by atoms with Crippen molar-refractivity contribution in [2.75, 3.05) is 0 Å². The Morgan fingerprint density at radius 3 is 2.00 bits per heavy atom. The summed E-state index contributed by atoms with van der Waals surface area (Å²) in [5, 5.41) is 0. The molecule has 0 bridgehead atoms. The fourth-order valence-electron chi connectivity index (χ4n) is 0. The van der Waals surface area contributed by atoms with Gasteiger partial charge in [-0.05, 0) is 0 Å². The van der Waals surface area contributed by atoms with E-state index >= 15 is 0 Å². The molecule has 4 heavy (non-hydrogen) atoms. The van der Waals surface area contributed by atoms with E-state index in [-0.39, 0.29) is 0 Å². The van der Waals surface area contributed by atoms with E-state index in [0.717, 1.165) is 0 Å². The van der Waals surface area contributed by atoms with Gasteiger partial charge in [0.25, 0.3) is 0 Å². The summed E-state index contributed by atoms with van der Waals surface area (Å²) in [5.74, 6) is 0. The summed E-state index contributed by atoms with van der Waals surface area (Å²) in [4.78, 5) is 0. The van der Waals surface area contributed by atoms with Gasteiger partial charge < -0.3 is 0 Å². The zero-order valence-corrected chi connectivity index (χ0v) is 2.89. The third-order valence-corrected chi connectivity index (χ3v) is 0.144. The van der Waals surface area contributed by atoms with Crippen LogP contribution in [-0.2, 0) is 9.17 Å². The normalized spacial score (nSPS) is 4.00. The number of hydrogen-bond donors (Lipinski definition) is 0. The Balaban J connectivity index is 2.73. The summed E-state index contributed by atoms with van der Waals surface area (Å²) >= 11 is 0. The van der Waals surface area contributed by atoms with E-state index < -0.39 is 9.28 Å². The van der Waals surface area contributed by atoms with Crippen molar-refractivity contribution in [3.05, 3.63) is 0 Å². The minimum absolute atomic E-state index is 0.347. The minimum atomic E-state index is -0.790. The van der Waals surface area contributed by atoms with Gasteiger partial charge in [0, 0.05) is 0 Å². The summed E-state index contributed by atoms with van der Waals surface area (Å²) < 4.78 is 17.8. The van der Waals surface area contributed by atoms with Crippen LogP contribution >= 0.6 is 0 Å². The van der Waals surface area contributed by atoms with Crippen molar-refractivity contribution in [1.82, 2.24) is 0 Å². The molecule has 1 radical (unpaired) electrons. The van der Waals surface area contributed by atoms with Crippen molar-refractivity contribution >= 4 is 16.0 Å². The molecule has 19 valence electrons. The molecule has 0 rings (SSSR count). The molecule has 0 fully saturated rings. The van der Waals surface area contributed by atoms with E-state index in [0.29, 0.717) is 6.74 Å². The number of hydrogen-bond acceptors (Lipinski definition) is 2. The fourth-order valence-corrected chi connectivity index (χ4v) is 0. The molecule has 0 atom stereocenters. The molecule has 0 aromatic heterocycles. The zero-order valence-electron chi connectivity index (χ0n) is 1.89. The van der Waals surface area contributed by atoms with E-state index in [1.807, 2.05) is 0 Å². The maximum absolute atomic E-state index is 8.96. The fraction of sp³-hybridized carbons (Fsp3) is 0. The number of rotatable bonds is 1. The van der Waals surface area contributed by atoms with Crippen LogP contribution in [0.5, 0.6) is 0 Å². The van der Waals surface area contributed by atoms with Gasteiger partial charge in [-0.1, -0.05) is 0 Å². The summed E-state index contributed by atoms with van der Waals surface area (Å²) in [6.45, 7) is 0.347. The Kier molecular flexibility index (Phi) is 2.80. The topological polar surface area (TPSA) is 34.1 Å². The quantitative estimate of drug-likeness (QED) is 0.371. The first-order valence-electron chi connectivity index (χ1n) is 0.729.